The number of amidine groups is 1. The lowest BCUT2D eigenvalue weighted by atomic mass is 10.2. The van der Waals surface area contributed by atoms with Crippen molar-refractivity contribution in [2.45, 2.75) is 30.6 Å². The second-order valence-corrected chi connectivity index (χ2v) is 9.98. The molecule has 0 bridgehead atoms. The third-order valence-electron chi connectivity index (χ3n) is 4.17. The number of rotatable bonds is 5. The van der Waals surface area contributed by atoms with Crippen LogP contribution in [0.5, 0.6) is 0 Å². The van der Waals surface area contributed by atoms with Crippen LogP contribution in [0.2, 0.25) is 5.02 Å². The molecule has 2 saturated heterocycles. The summed E-state index contributed by atoms with van der Waals surface area (Å²) >= 11 is 7.21. The van der Waals surface area contributed by atoms with Gasteiger partial charge in [0.05, 0.1) is 17.5 Å². The summed E-state index contributed by atoms with van der Waals surface area (Å²) in [5.74, 6) is -1.29. The summed E-state index contributed by atoms with van der Waals surface area (Å²) in [5.41, 5.74) is 0.726. The van der Waals surface area contributed by atoms with E-state index < -0.39 is 21.7 Å². The zero-order valence-electron chi connectivity index (χ0n) is 13.7. The van der Waals surface area contributed by atoms with Gasteiger partial charge in [0, 0.05) is 28.8 Å². The van der Waals surface area contributed by atoms with Crippen molar-refractivity contribution in [2.75, 3.05) is 16.4 Å². The number of sulfone groups is 1. The molecule has 7 nitrogen and oxygen atoms in total. The first-order valence-electron chi connectivity index (χ1n) is 8.00. The molecule has 10 heteroatoms. The third-order valence-corrected chi connectivity index (χ3v) is 7.63. The molecule has 3 rings (SSSR count). The Morgan fingerprint density at radius 1 is 1.23 bits per heavy atom. The van der Waals surface area contributed by atoms with Crippen LogP contribution in [-0.2, 0) is 19.4 Å². The molecule has 2 aliphatic rings. The number of amides is 1. The number of fused-ring (bicyclic) bond motifs is 1. The number of hydrogen-bond acceptors (Lipinski definition) is 5. The van der Waals surface area contributed by atoms with E-state index in [2.05, 4.69) is 4.99 Å². The number of carbonyl (C=O) groups excluding carboxylic acids is 1. The zero-order chi connectivity index (χ0) is 18.9. The van der Waals surface area contributed by atoms with Crippen molar-refractivity contribution >= 4 is 55.9 Å². The van der Waals surface area contributed by atoms with Gasteiger partial charge in [0.2, 0.25) is 5.91 Å². The highest BCUT2D eigenvalue weighted by Crippen LogP contribution is 2.41. The van der Waals surface area contributed by atoms with E-state index in [0.717, 1.165) is 5.69 Å². The van der Waals surface area contributed by atoms with E-state index in [-0.39, 0.29) is 42.1 Å². The van der Waals surface area contributed by atoms with Crippen LogP contribution in [0.25, 0.3) is 0 Å². The Morgan fingerprint density at radius 2 is 1.92 bits per heavy atom. The minimum Gasteiger partial charge on any atom is -0.481 e. The number of benzene rings is 1. The molecule has 1 aromatic carbocycles. The minimum absolute atomic E-state index is 0.0134. The van der Waals surface area contributed by atoms with Crippen molar-refractivity contribution in [2.24, 2.45) is 4.99 Å². The monoisotopic (exact) mass is 416 g/mol. The molecule has 0 saturated carbocycles. The van der Waals surface area contributed by atoms with Crippen molar-refractivity contribution in [1.29, 1.82) is 0 Å². The van der Waals surface area contributed by atoms with Gasteiger partial charge in [-0.05, 0) is 30.7 Å². The Labute approximate surface area is 160 Å². The average Bonchev–Trinajstić information content (AvgIpc) is 2.99. The van der Waals surface area contributed by atoms with E-state index in [1.807, 2.05) is 0 Å². The predicted octanol–water partition coefficient (Wildman–Crippen LogP) is 2.20. The molecule has 0 aliphatic carbocycles. The SMILES string of the molecule is O=C(O)CCCC(=O)N=C1S[C@@H]2CS(=O)(=O)C[C@@H]2N1c1ccc(Cl)cc1. The normalized spacial score (nSPS) is 25.4. The third kappa shape index (κ3) is 4.39. The number of aliphatic carboxylic acids is 1. The number of anilines is 1. The van der Waals surface area contributed by atoms with Gasteiger partial charge in [-0.2, -0.15) is 4.99 Å². The average molecular weight is 417 g/mol. The van der Waals surface area contributed by atoms with Crippen molar-refractivity contribution in [3.05, 3.63) is 29.3 Å². The van der Waals surface area contributed by atoms with Crippen LogP contribution in [0, 0.1) is 0 Å². The molecule has 0 unspecified atom stereocenters. The fourth-order valence-electron chi connectivity index (χ4n) is 3.02. The van der Waals surface area contributed by atoms with Gasteiger partial charge in [-0.3, -0.25) is 9.59 Å². The van der Waals surface area contributed by atoms with E-state index in [0.29, 0.717) is 10.2 Å². The van der Waals surface area contributed by atoms with Crippen molar-refractivity contribution in [3.8, 4) is 0 Å². The molecule has 140 valence electrons. The molecule has 1 aromatic rings. The molecule has 2 aliphatic heterocycles. The largest absolute Gasteiger partial charge is 0.481 e. The molecule has 2 atom stereocenters. The maximum atomic E-state index is 12.1. The predicted molar refractivity (Wildman–Crippen MR) is 102 cm³/mol. The van der Waals surface area contributed by atoms with Gasteiger partial charge in [-0.25, -0.2) is 8.42 Å². The molecule has 2 fully saturated rings. The molecular weight excluding hydrogens is 400 g/mol. The van der Waals surface area contributed by atoms with E-state index in [4.69, 9.17) is 16.7 Å². The van der Waals surface area contributed by atoms with Crippen LogP contribution < -0.4 is 4.90 Å². The van der Waals surface area contributed by atoms with Crippen molar-refractivity contribution in [1.82, 2.24) is 0 Å². The summed E-state index contributed by atoms with van der Waals surface area (Å²) in [5, 5.41) is 9.49. The summed E-state index contributed by atoms with van der Waals surface area (Å²) in [6.45, 7) is 0. The Kier molecular flexibility index (Phi) is 5.59. The van der Waals surface area contributed by atoms with Crippen LogP contribution in [0.3, 0.4) is 0 Å². The molecule has 1 amide bonds. The lowest BCUT2D eigenvalue weighted by Gasteiger charge is -2.24. The van der Waals surface area contributed by atoms with Crippen molar-refractivity contribution < 1.29 is 23.1 Å². The van der Waals surface area contributed by atoms with Crippen LogP contribution in [-0.4, -0.2) is 53.4 Å². The number of aliphatic imine (C=N–C) groups is 1. The minimum atomic E-state index is -3.12. The highest BCUT2D eigenvalue weighted by atomic mass is 35.5. The second-order valence-electron chi connectivity index (χ2n) is 6.18. The molecule has 2 heterocycles. The summed E-state index contributed by atoms with van der Waals surface area (Å²) in [4.78, 5) is 28.6. The Bertz CT molecular complexity index is 854. The summed E-state index contributed by atoms with van der Waals surface area (Å²) in [6.07, 6.45) is 0.171. The lowest BCUT2D eigenvalue weighted by Crippen LogP contribution is -2.37. The molecule has 1 N–H and O–H groups in total. The van der Waals surface area contributed by atoms with Crippen LogP contribution in [0.4, 0.5) is 5.69 Å². The summed E-state index contributed by atoms with van der Waals surface area (Å²) < 4.78 is 24.0. The van der Waals surface area contributed by atoms with Gasteiger partial charge < -0.3 is 10.0 Å². The van der Waals surface area contributed by atoms with E-state index >= 15 is 0 Å². The Morgan fingerprint density at radius 3 is 2.58 bits per heavy atom. The molecule has 0 spiro atoms. The first-order valence-corrected chi connectivity index (χ1v) is 11.1. The maximum absolute atomic E-state index is 12.1. The van der Waals surface area contributed by atoms with Gasteiger partial charge in [-0.15, -0.1) is 0 Å². The molecule has 26 heavy (non-hydrogen) atoms. The van der Waals surface area contributed by atoms with Crippen molar-refractivity contribution in [3.63, 3.8) is 0 Å². The zero-order valence-corrected chi connectivity index (χ0v) is 16.1. The van der Waals surface area contributed by atoms with Gasteiger partial charge in [0.1, 0.15) is 0 Å². The molecular formula is C16H17ClN2O5S2. The number of carboxylic acid groups (broad SMARTS) is 1. The number of thioether (sulfide) groups is 1. The highest BCUT2D eigenvalue weighted by Gasteiger charge is 2.49. The molecule has 0 radical (unpaired) electrons. The number of carboxylic acids is 1. The fraction of sp³-hybridized carbons (Fsp3) is 0.438. The van der Waals surface area contributed by atoms with Crippen LogP contribution in [0.1, 0.15) is 19.3 Å². The van der Waals surface area contributed by atoms with E-state index in [1.165, 1.54) is 11.8 Å². The number of halogens is 1. The summed E-state index contributed by atoms with van der Waals surface area (Å²) in [7, 11) is -3.12. The smallest absolute Gasteiger partial charge is 0.303 e. The first kappa shape index (κ1) is 19.2. The van der Waals surface area contributed by atoms with Gasteiger partial charge >= 0.3 is 5.97 Å². The second kappa shape index (κ2) is 7.58. The lowest BCUT2D eigenvalue weighted by molar-refractivity contribution is -0.137. The quantitative estimate of drug-likeness (QED) is 0.784. The number of carbonyl (C=O) groups is 2. The Hall–Kier alpha value is -1.58. The fourth-order valence-corrected chi connectivity index (χ4v) is 7.08. The van der Waals surface area contributed by atoms with E-state index in [1.54, 1.807) is 29.2 Å². The van der Waals surface area contributed by atoms with E-state index in [9.17, 15) is 18.0 Å². The Balaban J connectivity index is 1.84. The first-order chi connectivity index (χ1) is 12.2. The topological polar surface area (TPSA) is 104 Å². The van der Waals surface area contributed by atoms with Gasteiger partial charge in [0.15, 0.2) is 15.0 Å². The van der Waals surface area contributed by atoms with Gasteiger partial charge in [-0.1, -0.05) is 23.4 Å². The molecule has 0 aromatic heterocycles. The standard InChI is InChI=1S/C16H17ClN2O5S2/c17-10-4-6-11(7-5-10)19-12-8-26(23,24)9-13(12)25-16(19)18-14(20)2-1-3-15(21)22/h4-7,12-13H,1-3,8-9H2,(H,21,22)/t12-,13+/m0/s1. The maximum Gasteiger partial charge on any atom is 0.303 e. The number of hydrogen-bond donors (Lipinski definition) is 1. The van der Waals surface area contributed by atoms with Crippen LogP contribution >= 0.6 is 23.4 Å². The van der Waals surface area contributed by atoms with Gasteiger partial charge in [0.25, 0.3) is 0 Å². The highest BCUT2D eigenvalue weighted by molar-refractivity contribution is 8.16. The number of nitrogens with zero attached hydrogens (tertiary/aromatic N) is 2. The van der Waals surface area contributed by atoms with Crippen LogP contribution in [0.15, 0.2) is 29.3 Å². The summed E-state index contributed by atoms with van der Waals surface area (Å²) in [6, 6.07) is 6.65.